The molecule has 0 aromatic heterocycles. The van der Waals surface area contributed by atoms with Gasteiger partial charge in [-0.25, -0.2) is 0 Å². The van der Waals surface area contributed by atoms with E-state index in [1.54, 1.807) is 14.0 Å². The zero-order valence-corrected chi connectivity index (χ0v) is 4.62. The fourth-order valence-electron chi connectivity index (χ4n) is 0.0445. The molecule has 0 fully saturated rings. The molecule has 0 aliphatic rings. The molecular formula is C4H7ClO. The van der Waals surface area contributed by atoms with Crippen LogP contribution in [-0.4, -0.2) is 7.11 Å². The van der Waals surface area contributed by atoms with E-state index >= 15 is 0 Å². The zero-order chi connectivity index (χ0) is 4.99. The summed E-state index contributed by atoms with van der Waals surface area (Å²) in [4.78, 5) is 0. The van der Waals surface area contributed by atoms with E-state index in [4.69, 9.17) is 11.6 Å². The van der Waals surface area contributed by atoms with Crippen LogP contribution >= 0.6 is 11.6 Å². The van der Waals surface area contributed by atoms with Crippen LogP contribution in [0, 0.1) is 0 Å². The van der Waals surface area contributed by atoms with Gasteiger partial charge in [0.25, 0.3) is 0 Å². The highest BCUT2D eigenvalue weighted by Gasteiger charge is 1.73. The van der Waals surface area contributed by atoms with E-state index in [2.05, 4.69) is 4.74 Å². The third-order valence-electron chi connectivity index (χ3n) is 0.476. The molecule has 0 heterocycles. The Hall–Kier alpha value is -0.170. The summed E-state index contributed by atoms with van der Waals surface area (Å²) < 4.78 is 4.63. The number of allylic oxidation sites excluding steroid dienone is 1. The summed E-state index contributed by atoms with van der Waals surface area (Å²) in [5.41, 5.74) is 1.39. The molecule has 36 valence electrons. The lowest BCUT2D eigenvalue weighted by atomic mass is 10.7. The van der Waals surface area contributed by atoms with Crippen molar-refractivity contribution in [3.63, 3.8) is 0 Å². The highest BCUT2D eigenvalue weighted by molar-refractivity contribution is 6.25. The Morgan fingerprint density at radius 2 is 2.33 bits per heavy atom. The van der Waals surface area contributed by atoms with Crippen molar-refractivity contribution >= 4 is 11.6 Å². The molecule has 0 spiro atoms. The Kier molecular flexibility index (Phi) is 2.95. The first kappa shape index (κ1) is 5.83. The van der Waals surface area contributed by atoms with Gasteiger partial charge in [-0.15, -0.1) is 0 Å². The lowest BCUT2D eigenvalue weighted by Gasteiger charge is -1.90. The lowest BCUT2D eigenvalue weighted by Crippen LogP contribution is -1.72. The quantitative estimate of drug-likeness (QED) is 0.463. The molecule has 0 aliphatic carbocycles. The summed E-state index contributed by atoms with van der Waals surface area (Å²) in [6.07, 6.45) is 0. The highest BCUT2D eigenvalue weighted by Crippen LogP contribution is 1.92. The molecule has 0 aromatic carbocycles. The summed E-state index contributed by atoms with van der Waals surface area (Å²) in [5.74, 6) is 0.733. The molecule has 6 heavy (non-hydrogen) atoms. The Morgan fingerprint density at radius 3 is 2.33 bits per heavy atom. The molecule has 0 rings (SSSR count). The summed E-state index contributed by atoms with van der Waals surface area (Å²) in [5, 5.41) is 0. The maximum atomic E-state index is 5.17. The molecule has 2 heteroatoms. The van der Waals surface area contributed by atoms with Gasteiger partial charge >= 0.3 is 0 Å². The molecule has 0 amide bonds. The largest absolute Gasteiger partial charge is 0.500 e. The number of rotatable bonds is 1. The van der Waals surface area contributed by atoms with Crippen molar-refractivity contribution in [3.05, 3.63) is 11.3 Å². The second kappa shape index (κ2) is 3.04. The van der Waals surface area contributed by atoms with Gasteiger partial charge in [-0.3, -0.25) is 0 Å². The monoisotopic (exact) mass is 106 g/mol. The molecule has 0 saturated heterocycles. The first-order valence-corrected chi connectivity index (χ1v) is 2.06. The van der Waals surface area contributed by atoms with Gasteiger partial charge in [-0.05, 0) is 6.92 Å². The third kappa shape index (κ3) is 2.09. The number of halogens is 1. The van der Waals surface area contributed by atoms with Crippen molar-refractivity contribution in [1.82, 2.24) is 0 Å². The van der Waals surface area contributed by atoms with Gasteiger partial charge in [0.2, 0.25) is 0 Å². The first-order valence-electron chi connectivity index (χ1n) is 1.62. The van der Waals surface area contributed by atoms with Crippen LogP contribution in [0.5, 0.6) is 0 Å². The summed E-state index contributed by atoms with van der Waals surface area (Å²) >= 11 is 5.17. The van der Waals surface area contributed by atoms with Crippen LogP contribution in [0.2, 0.25) is 0 Å². The normalized spacial score (nSPS) is 11.5. The van der Waals surface area contributed by atoms with Crippen LogP contribution in [0.15, 0.2) is 11.3 Å². The molecule has 0 saturated carbocycles. The minimum atomic E-state index is 0.733. The SMILES string of the molecule is CO/C(C)=C\Cl. The molecule has 0 N–H and O–H groups in total. The molecular weight excluding hydrogens is 99.5 g/mol. The Morgan fingerprint density at radius 1 is 1.83 bits per heavy atom. The van der Waals surface area contributed by atoms with Gasteiger partial charge < -0.3 is 4.74 Å². The van der Waals surface area contributed by atoms with E-state index in [0.717, 1.165) is 5.76 Å². The van der Waals surface area contributed by atoms with E-state index in [1.165, 1.54) is 5.54 Å². The van der Waals surface area contributed by atoms with E-state index in [0.29, 0.717) is 0 Å². The topological polar surface area (TPSA) is 9.23 Å². The van der Waals surface area contributed by atoms with Crippen molar-refractivity contribution in [2.24, 2.45) is 0 Å². The molecule has 0 atom stereocenters. The molecule has 0 radical (unpaired) electrons. The summed E-state index contributed by atoms with van der Waals surface area (Å²) in [6, 6.07) is 0. The van der Waals surface area contributed by atoms with Crippen molar-refractivity contribution in [2.45, 2.75) is 6.92 Å². The van der Waals surface area contributed by atoms with Crippen LogP contribution in [0.1, 0.15) is 6.92 Å². The standard InChI is InChI=1S/C4H7ClO/c1-4(3-5)6-2/h3H,1-2H3/b4-3-. The zero-order valence-electron chi connectivity index (χ0n) is 3.86. The Labute approximate surface area is 42.6 Å². The molecule has 0 bridgehead atoms. The number of hydrogen-bond acceptors (Lipinski definition) is 1. The maximum Gasteiger partial charge on any atom is 0.104 e. The first-order chi connectivity index (χ1) is 2.81. The predicted molar refractivity (Wildman–Crippen MR) is 26.6 cm³/mol. The second-order valence-electron chi connectivity index (χ2n) is 0.924. The average Bonchev–Trinajstić information content (AvgIpc) is 1.65. The van der Waals surface area contributed by atoms with E-state index in [1.807, 2.05) is 0 Å². The fourth-order valence-corrected chi connectivity index (χ4v) is 0.134. The minimum absolute atomic E-state index is 0.733. The van der Waals surface area contributed by atoms with Crippen LogP contribution in [0.4, 0.5) is 0 Å². The van der Waals surface area contributed by atoms with Crippen LogP contribution in [0.25, 0.3) is 0 Å². The van der Waals surface area contributed by atoms with Crippen molar-refractivity contribution in [2.75, 3.05) is 7.11 Å². The van der Waals surface area contributed by atoms with Gasteiger partial charge in [0.15, 0.2) is 0 Å². The molecule has 1 nitrogen and oxygen atoms in total. The second-order valence-corrected chi connectivity index (χ2v) is 1.14. The minimum Gasteiger partial charge on any atom is -0.500 e. The number of hydrogen-bond donors (Lipinski definition) is 0. The van der Waals surface area contributed by atoms with Crippen LogP contribution in [0.3, 0.4) is 0 Å². The lowest BCUT2D eigenvalue weighted by molar-refractivity contribution is 0.294. The predicted octanol–water partition coefficient (Wildman–Crippen LogP) is 1.73. The van der Waals surface area contributed by atoms with Gasteiger partial charge in [0.05, 0.1) is 7.11 Å². The van der Waals surface area contributed by atoms with Gasteiger partial charge in [-0.2, -0.15) is 0 Å². The van der Waals surface area contributed by atoms with Gasteiger partial charge in [0.1, 0.15) is 5.76 Å². The van der Waals surface area contributed by atoms with Gasteiger partial charge in [-0.1, -0.05) is 11.6 Å². The number of methoxy groups -OCH3 is 1. The smallest absolute Gasteiger partial charge is 0.104 e. The van der Waals surface area contributed by atoms with E-state index in [9.17, 15) is 0 Å². The summed E-state index contributed by atoms with van der Waals surface area (Å²) in [7, 11) is 1.58. The maximum absolute atomic E-state index is 5.17. The summed E-state index contributed by atoms with van der Waals surface area (Å²) in [6.45, 7) is 1.78. The van der Waals surface area contributed by atoms with Crippen LogP contribution in [-0.2, 0) is 4.74 Å². The van der Waals surface area contributed by atoms with Crippen molar-refractivity contribution < 1.29 is 4.74 Å². The Bertz CT molecular complexity index is 58.6. The fraction of sp³-hybridized carbons (Fsp3) is 0.500. The average molecular weight is 107 g/mol. The highest BCUT2D eigenvalue weighted by atomic mass is 35.5. The van der Waals surface area contributed by atoms with Crippen molar-refractivity contribution in [1.29, 1.82) is 0 Å². The number of ether oxygens (including phenoxy) is 1. The van der Waals surface area contributed by atoms with Crippen LogP contribution < -0.4 is 0 Å². The molecule has 0 unspecified atom stereocenters. The molecule has 0 aliphatic heterocycles. The van der Waals surface area contributed by atoms with Gasteiger partial charge in [0, 0.05) is 5.54 Å². The molecule has 0 aromatic rings. The third-order valence-corrected chi connectivity index (χ3v) is 0.783. The van der Waals surface area contributed by atoms with Crippen molar-refractivity contribution in [3.8, 4) is 0 Å². The van der Waals surface area contributed by atoms with E-state index < -0.39 is 0 Å². The van der Waals surface area contributed by atoms with E-state index in [-0.39, 0.29) is 0 Å². The Balaban J connectivity index is 3.22.